The molecule has 3 aromatic rings. The number of rotatable bonds is 5. The number of aromatic amines is 1. The van der Waals surface area contributed by atoms with Gasteiger partial charge in [0.15, 0.2) is 11.6 Å². The van der Waals surface area contributed by atoms with E-state index in [0.717, 1.165) is 17.8 Å². The van der Waals surface area contributed by atoms with E-state index in [4.69, 9.17) is 4.74 Å². The quantitative estimate of drug-likeness (QED) is 0.753. The second-order valence-electron chi connectivity index (χ2n) is 5.23. The molecule has 2 heterocycles. The molecule has 0 fully saturated rings. The number of carbonyl (C=O) groups is 1. The Labute approximate surface area is 136 Å². The summed E-state index contributed by atoms with van der Waals surface area (Å²) in [5.41, 5.74) is 1.56. The molecule has 124 valence electrons. The van der Waals surface area contributed by atoms with Crippen LogP contribution in [0.25, 0.3) is 10.9 Å². The Morgan fingerprint density at radius 2 is 2.08 bits per heavy atom. The van der Waals surface area contributed by atoms with Gasteiger partial charge in [-0.15, -0.1) is 0 Å². The molecule has 1 amide bonds. The number of methoxy groups -OCH3 is 1. The fraction of sp³-hybridized carbons (Fsp3) is 0.176. The highest BCUT2D eigenvalue weighted by molar-refractivity contribution is 6.01. The number of nitrogens with one attached hydrogen (secondary N) is 2. The van der Waals surface area contributed by atoms with Crippen molar-refractivity contribution in [3.63, 3.8) is 0 Å². The standard InChI is InChI=1S/C17H15F2N3O2/c1-24-17-4-2-3-10(21-17)5-6-16(23)22-15-9-20-14-8-13(19)12(18)7-11(14)15/h2-4,7-9,20H,5-6H2,1H3,(H,22,23). The summed E-state index contributed by atoms with van der Waals surface area (Å²) < 4.78 is 31.6. The SMILES string of the molecule is COc1cccc(CCC(=O)Nc2c[nH]c3cc(F)c(F)cc23)n1. The average molecular weight is 331 g/mol. The van der Waals surface area contributed by atoms with Gasteiger partial charge in [0, 0.05) is 35.8 Å². The number of pyridine rings is 1. The van der Waals surface area contributed by atoms with Crippen LogP contribution in [0.2, 0.25) is 0 Å². The first-order valence-corrected chi connectivity index (χ1v) is 7.32. The normalized spacial score (nSPS) is 10.8. The van der Waals surface area contributed by atoms with Crippen LogP contribution >= 0.6 is 0 Å². The summed E-state index contributed by atoms with van der Waals surface area (Å²) in [6, 6.07) is 7.44. The monoisotopic (exact) mass is 331 g/mol. The Morgan fingerprint density at radius 1 is 1.29 bits per heavy atom. The molecule has 1 aromatic carbocycles. The molecule has 0 saturated heterocycles. The number of halogens is 2. The van der Waals surface area contributed by atoms with Crippen LogP contribution in [0.3, 0.4) is 0 Å². The molecular formula is C17H15F2N3O2. The zero-order valence-electron chi connectivity index (χ0n) is 12.9. The van der Waals surface area contributed by atoms with E-state index in [1.165, 1.54) is 13.3 Å². The number of hydrogen-bond acceptors (Lipinski definition) is 3. The number of fused-ring (bicyclic) bond motifs is 1. The van der Waals surface area contributed by atoms with Gasteiger partial charge < -0.3 is 15.0 Å². The Morgan fingerprint density at radius 3 is 2.88 bits per heavy atom. The third-order valence-corrected chi connectivity index (χ3v) is 3.60. The van der Waals surface area contributed by atoms with Gasteiger partial charge in [-0.05, 0) is 18.6 Å². The summed E-state index contributed by atoms with van der Waals surface area (Å²) in [5.74, 6) is -1.66. The number of aromatic nitrogens is 2. The topological polar surface area (TPSA) is 67.0 Å². The van der Waals surface area contributed by atoms with Crippen LogP contribution in [-0.4, -0.2) is 23.0 Å². The van der Waals surface area contributed by atoms with E-state index in [0.29, 0.717) is 28.9 Å². The minimum Gasteiger partial charge on any atom is -0.481 e. The Bertz CT molecular complexity index is 893. The van der Waals surface area contributed by atoms with Crippen molar-refractivity contribution in [2.45, 2.75) is 12.8 Å². The summed E-state index contributed by atoms with van der Waals surface area (Å²) in [5, 5.41) is 3.11. The molecule has 0 atom stereocenters. The number of aryl methyl sites for hydroxylation is 1. The van der Waals surface area contributed by atoms with E-state index in [9.17, 15) is 13.6 Å². The molecular weight excluding hydrogens is 316 g/mol. The minimum atomic E-state index is -0.960. The molecule has 0 aliphatic carbocycles. The molecule has 0 aliphatic rings. The number of ether oxygens (including phenoxy) is 1. The number of anilines is 1. The summed E-state index contributed by atoms with van der Waals surface area (Å²) >= 11 is 0. The summed E-state index contributed by atoms with van der Waals surface area (Å²) in [6.45, 7) is 0. The Balaban J connectivity index is 1.67. The van der Waals surface area contributed by atoms with Crippen LogP contribution < -0.4 is 10.1 Å². The number of H-pyrrole nitrogens is 1. The first-order chi connectivity index (χ1) is 11.6. The Kier molecular flexibility index (Phi) is 4.41. The van der Waals surface area contributed by atoms with Gasteiger partial charge in [-0.3, -0.25) is 4.79 Å². The zero-order valence-corrected chi connectivity index (χ0v) is 12.9. The third kappa shape index (κ3) is 3.34. The summed E-state index contributed by atoms with van der Waals surface area (Å²) in [7, 11) is 1.53. The van der Waals surface area contributed by atoms with Gasteiger partial charge in [0.25, 0.3) is 0 Å². The smallest absolute Gasteiger partial charge is 0.224 e. The van der Waals surface area contributed by atoms with E-state index in [-0.39, 0.29) is 12.3 Å². The highest BCUT2D eigenvalue weighted by Gasteiger charge is 2.12. The van der Waals surface area contributed by atoms with Crippen molar-refractivity contribution in [3.05, 3.63) is 53.9 Å². The van der Waals surface area contributed by atoms with Crippen molar-refractivity contribution in [3.8, 4) is 5.88 Å². The molecule has 0 aliphatic heterocycles. The maximum absolute atomic E-state index is 13.4. The highest BCUT2D eigenvalue weighted by atomic mass is 19.2. The van der Waals surface area contributed by atoms with Crippen molar-refractivity contribution in [1.82, 2.24) is 9.97 Å². The van der Waals surface area contributed by atoms with E-state index in [1.54, 1.807) is 18.2 Å². The molecule has 0 radical (unpaired) electrons. The van der Waals surface area contributed by atoms with Crippen LogP contribution in [0.1, 0.15) is 12.1 Å². The molecule has 7 heteroatoms. The first kappa shape index (κ1) is 15.9. The van der Waals surface area contributed by atoms with E-state index >= 15 is 0 Å². The molecule has 3 rings (SSSR count). The fourth-order valence-electron chi connectivity index (χ4n) is 2.38. The van der Waals surface area contributed by atoms with Crippen molar-refractivity contribution in [1.29, 1.82) is 0 Å². The van der Waals surface area contributed by atoms with Crippen molar-refractivity contribution in [2.24, 2.45) is 0 Å². The van der Waals surface area contributed by atoms with E-state index < -0.39 is 11.6 Å². The van der Waals surface area contributed by atoms with Crippen molar-refractivity contribution < 1.29 is 18.3 Å². The second-order valence-corrected chi connectivity index (χ2v) is 5.23. The number of amides is 1. The lowest BCUT2D eigenvalue weighted by molar-refractivity contribution is -0.116. The predicted octanol–water partition coefficient (Wildman–Crippen LogP) is 3.42. The van der Waals surface area contributed by atoms with Crippen molar-refractivity contribution in [2.75, 3.05) is 12.4 Å². The maximum atomic E-state index is 13.4. The summed E-state index contributed by atoms with van der Waals surface area (Å²) in [6.07, 6.45) is 2.15. The van der Waals surface area contributed by atoms with Gasteiger partial charge in [0.1, 0.15) is 0 Å². The van der Waals surface area contributed by atoms with E-state index in [1.807, 2.05) is 0 Å². The van der Waals surface area contributed by atoms with Crippen LogP contribution in [0.5, 0.6) is 5.88 Å². The number of nitrogens with zero attached hydrogens (tertiary/aromatic N) is 1. The van der Waals surface area contributed by atoms with Crippen molar-refractivity contribution >= 4 is 22.5 Å². The molecule has 2 aromatic heterocycles. The third-order valence-electron chi connectivity index (χ3n) is 3.60. The van der Waals surface area contributed by atoms with Gasteiger partial charge in [-0.1, -0.05) is 6.07 Å². The molecule has 0 saturated carbocycles. The average Bonchev–Trinajstić information content (AvgIpc) is 2.95. The first-order valence-electron chi connectivity index (χ1n) is 7.32. The van der Waals surface area contributed by atoms with E-state index in [2.05, 4.69) is 15.3 Å². The highest BCUT2D eigenvalue weighted by Crippen LogP contribution is 2.25. The lowest BCUT2D eigenvalue weighted by Crippen LogP contribution is -2.12. The number of benzene rings is 1. The molecule has 5 nitrogen and oxygen atoms in total. The second kappa shape index (κ2) is 6.66. The van der Waals surface area contributed by atoms with Crippen LogP contribution in [0, 0.1) is 11.6 Å². The zero-order chi connectivity index (χ0) is 17.1. The summed E-state index contributed by atoms with van der Waals surface area (Å²) in [4.78, 5) is 19.1. The molecule has 0 bridgehead atoms. The Hall–Kier alpha value is -2.96. The predicted molar refractivity (Wildman–Crippen MR) is 86.0 cm³/mol. The fourth-order valence-corrected chi connectivity index (χ4v) is 2.38. The van der Waals surface area contributed by atoms with Crippen LogP contribution in [0.15, 0.2) is 36.5 Å². The minimum absolute atomic E-state index is 0.205. The molecule has 0 unspecified atom stereocenters. The van der Waals surface area contributed by atoms with Gasteiger partial charge in [-0.2, -0.15) is 0 Å². The van der Waals surface area contributed by atoms with Crippen LogP contribution in [-0.2, 0) is 11.2 Å². The molecule has 24 heavy (non-hydrogen) atoms. The molecule has 2 N–H and O–H groups in total. The molecule has 0 spiro atoms. The maximum Gasteiger partial charge on any atom is 0.224 e. The largest absolute Gasteiger partial charge is 0.481 e. The van der Waals surface area contributed by atoms with Gasteiger partial charge in [0.2, 0.25) is 11.8 Å². The lowest BCUT2D eigenvalue weighted by atomic mass is 10.2. The lowest BCUT2D eigenvalue weighted by Gasteiger charge is -2.05. The van der Waals surface area contributed by atoms with Gasteiger partial charge >= 0.3 is 0 Å². The van der Waals surface area contributed by atoms with Crippen LogP contribution in [0.4, 0.5) is 14.5 Å². The number of hydrogen-bond donors (Lipinski definition) is 2. The number of carbonyl (C=O) groups excluding carboxylic acids is 1. The van der Waals surface area contributed by atoms with Gasteiger partial charge in [-0.25, -0.2) is 13.8 Å². The van der Waals surface area contributed by atoms with Gasteiger partial charge in [0.05, 0.1) is 18.3 Å².